The van der Waals surface area contributed by atoms with E-state index in [1.807, 2.05) is 26.8 Å². The predicted octanol–water partition coefficient (Wildman–Crippen LogP) is 1.41. The molecule has 108 valence electrons. The standard InChI is InChI=1S/C13H22N2O3S/c1-4-14-19(16,17)13-5-6-15(9-13)8-12-7-10(2)18-11(12)3/h7,13-14H,4-6,8-9H2,1-3H3/t13-/m0/s1. The van der Waals surface area contributed by atoms with E-state index < -0.39 is 10.0 Å². The van der Waals surface area contributed by atoms with Gasteiger partial charge in [0.15, 0.2) is 0 Å². The Balaban J connectivity index is 1.98. The molecule has 0 unspecified atom stereocenters. The summed E-state index contributed by atoms with van der Waals surface area (Å²) in [7, 11) is -3.16. The van der Waals surface area contributed by atoms with E-state index in [1.54, 1.807) is 0 Å². The monoisotopic (exact) mass is 286 g/mol. The quantitative estimate of drug-likeness (QED) is 0.889. The van der Waals surface area contributed by atoms with Gasteiger partial charge in [0.2, 0.25) is 10.0 Å². The van der Waals surface area contributed by atoms with E-state index in [0.29, 0.717) is 19.5 Å². The van der Waals surface area contributed by atoms with Crippen LogP contribution >= 0.6 is 0 Å². The maximum absolute atomic E-state index is 11.9. The van der Waals surface area contributed by atoms with E-state index in [4.69, 9.17) is 4.42 Å². The summed E-state index contributed by atoms with van der Waals surface area (Å²) in [6.45, 7) is 8.32. The molecule has 2 heterocycles. The van der Waals surface area contributed by atoms with E-state index >= 15 is 0 Å². The molecule has 1 saturated heterocycles. The lowest BCUT2D eigenvalue weighted by Crippen LogP contribution is -2.36. The van der Waals surface area contributed by atoms with Crippen LogP contribution in [-0.2, 0) is 16.6 Å². The predicted molar refractivity (Wildman–Crippen MR) is 74.5 cm³/mol. The Morgan fingerprint density at radius 3 is 2.79 bits per heavy atom. The molecule has 1 aromatic rings. The van der Waals surface area contributed by atoms with Gasteiger partial charge in [0.25, 0.3) is 0 Å². The first kappa shape index (κ1) is 14.6. The molecule has 1 fully saturated rings. The molecule has 1 N–H and O–H groups in total. The van der Waals surface area contributed by atoms with Crippen molar-refractivity contribution in [1.29, 1.82) is 0 Å². The van der Waals surface area contributed by atoms with Crippen LogP contribution < -0.4 is 4.72 Å². The molecule has 1 aliphatic rings. The highest BCUT2D eigenvalue weighted by molar-refractivity contribution is 7.90. The van der Waals surface area contributed by atoms with Crippen LogP contribution in [0.5, 0.6) is 0 Å². The van der Waals surface area contributed by atoms with Crippen LogP contribution in [0.25, 0.3) is 0 Å². The average Bonchev–Trinajstić information content (AvgIpc) is 2.87. The molecule has 19 heavy (non-hydrogen) atoms. The number of aryl methyl sites for hydroxylation is 2. The minimum atomic E-state index is -3.16. The first-order valence-electron chi connectivity index (χ1n) is 6.69. The molecule has 1 aliphatic heterocycles. The van der Waals surface area contributed by atoms with E-state index in [2.05, 4.69) is 9.62 Å². The number of furan rings is 1. The number of nitrogens with zero attached hydrogens (tertiary/aromatic N) is 1. The van der Waals surface area contributed by atoms with E-state index in [9.17, 15) is 8.42 Å². The lowest BCUT2D eigenvalue weighted by atomic mass is 10.2. The van der Waals surface area contributed by atoms with Crippen LogP contribution in [-0.4, -0.2) is 38.2 Å². The largest absolute Gasteiger partial charge is 0.466 e. The summed E-state index contributed by atoms with van der Waals surface area (Å²) in [5.41, 5.74) is 1.15. The van der Waals surface area contributed by atoms with Gasteiger partial charge in [-0.3, -0.25) is 4.90 Å². The Labute approximate surface area is 115 Å². The molecular weight excluding hydrogens is 264 g/mol. The normalized spacial score (nSPS) is 21.1. The Hall–Kier alpha value is -0.850. The van der Waals surface area contributed by atoms with Crippen LogP contribution in [0.4, 0.5) is 0 Å². The topological polar surface area (TPSA) is 62.6 Å². The molecule has 0 amide bonds. The van der Waals surface area contributed by atoms with Gasteiger partial charge in [-0.1, -0.05) is 6.92 Å². The van der Waals surface area contributed by atoms with Crippen molar-refractivity contribution in [3.8, 4) is 0 Å². The maximum Gasteiger partial charge on any atom is 0.215 e. The minimum Gasteiger partial charge on any atom is -0.466 e. The van der Waals surface area contributed by atoms with Gasteiger partial charge in [0, 0.05) is 25.2 Å². The third-order valence-electron chi connectivity index (χ3n) is 3.55. The number of hydrogen-bond donors (Lipinski definition) is 1. The fraction of sp³-hybridized carbons (Fsp3) is 0.692. The lowest BCUT2D eigenvalue weighted by molar-refractivity contribution is 0.328. The summed E-state index contributed by atoms with van der Waals surface area (Å²) in [6.07, 6.45) is 0.700. The smallest absolute Gasteiger partial charge is 0.215 e. The van der Waals surface area contributed by atoms with Crippen molar-refractivity contribution in [2.75, 3.05) is 19.6 Å². The van der Waals surface area contributed by atoms with Crippen molar-refractivity contribution >= 4 is 10.0 Å². The first-order chi connectivity index (χ1) is 8.92. The third kappa shape index (κ3) is 3.38. The zero-order valence-corrected chi connectivity index (χ0v) is 12.6. The second kappa shape index (κ2) is 5.64. The van der Waals surface area contributed by atoms with Crippen molar-refractivity contribution in [2.45, 2.75) is 39.0 Å². The Kier molecular flexibility index (Phi) is 4.32. The Bertz CT molecular complexity index is 536. The summed E-state index contributed by atoms with van der Waals surface area (Å²) in [4.78, 5) is 2.18. The molecule has 0 aromatic carbocycles. The fourth-order valence-electron chi connectivity index (χ4n) is 2.59. The van der Waals surface area contributed by atoms with Crippen LogP contribution in [0.15, 0.2) is 10.5 Å². The maximum atomic E-state index is 11.9. The molecule has 0 saturated carbocycles. The van der Waals surface area contributed by atoms with Gasteiger partial charge in [-0.05, 0) is 32.9 Å². The van der Waals surface area contributed by atoms with Gasteiger partial charge in [-0.15, -0.1) is 0 Å². The van der Waals surface area contributed by atoms with E-state index in [-0.39, 0.29) is 5.25 Å². The Morgan fingerprint density at radius 1 is 1.47 bits per heavy atom. The second-order valence-electron chi connectivity index (χ2n) is 5.13. The SMILES string of the molecule is CCNS(=O)(=O)[C@H]1CCN(Cc2cc(C)oc2C)C1. The van der Waals surface area contributed by atoms with Crippen LogP contribution in [0.3, 0.4) is 0 Å². The highest BCUT2D eigenvalue weighted by atomic mass is 32.2. The molecule has 0 radical (unpaired) electrons. The van der Waals surface area contributed by atoms with E-state index in [0.717, 1.165) is 30.2 Å². The summed E-state index contributed by atoms with van der Waals surface area (Å²) < 4.78 is 32.0. The molecule has 2 rings (SSSR count). The number of sulfonamides is 1. The minimum absolute atomic E-state index is 0.291. The number of hydrogen-bond acceptors (Lipinski definition) is 4. The van der Waals surface area contributed by atoms with Gasteiger partial charge < -0.3 is 4.42 Å². The molecule has 1 aromatic heterocycles. The van der Waals surface area contributed by atoms with Crippen LogP contribution in [0.1, 0.15) is 30.4 Å². The number of rotatable bonds is 5. The van der Waals surface area contributed by atoms with E-state index in [1.165, 1.54) is 0 Å². The molecular formula is C13H22N2O3S. The average molecular weight is 286 g/mol. The zero-order valence-electron chi connectivity index (χ0n) is 11.8. The van der Waals surface area contributed by atoms with Crippen molar-refractivity contribution in [3.05, 3.63) is 23.2 Å². The molecule has 0 bridgehead atoms. The molecule has 0 spiro atoms. The van der Waals surface area contributed by atoms with Gasteiger partial charge >= 0.3 is 0 Å². The molecule has 6 heteroatoms. The summed E-state index contributed by atoms with van der Waals surface area (Å²) >= 11 is 0. The van der Waals surface area contributed by atoms with Gasteiger partial charge in [-0.2, -0.15) is 0 Å². The Morgan fingerprint density at radius 2 is 2.21 bits per heavy atom. The number of nitrogens with one attached hydrogen (secondary N) is 1. The summed E-state index contributed by atoms with van der Waals surface area (Å²) in [6, 6.07) is 2.03. The van der Waals surface area contributed by atoms with Crippen LogP contribution in [0, 0.1) is 13.8 Å². The first-order valence-corrected chi connectivity index (χ1v) is 8.23. The van der Waals surface area contributed by atoms with Crippen molar-refractivity contribution in [1.82, 2.24) is 9.62 Å². The molecule has 0 aliphatic carbocycles. The zero-order chi connectivity index (χ0) is 14.0. The van der Waals surface area contributed by atoms with Gasteiger partial charge in [0.05, 0.1) is 5.25 Å². The van der Waals surface area contributed by atoms with Gasteiger partial charge in [0.1, 0.15) is 11.5 Å². The molecule has 1 atom stereocenters. The van der Waals surface area contributed by atoms with Crippen LogP contribution in [0.2, 0.25) is 0 Å². The third-order valence-corrected chi connectivity index (χ3v) is 5.50. The van der Waals surface area contributed by atoms with Gasteiger partial charge in [-0.25, -0.2) is 13.1 Å². The highest BCUT2D eigenvalue weighted by Gasteiger charge is 2.32. The van der Waals surface area contributed by atoms with Crippen molar-refractivity contribution in [2.24, 2.45) is 0 Å². The lowest BCUT2D eigenvalue weighted by Gasteiger charge is -2.15. The summed E-state index contributed by atoms with van der Waals surface area (Å²) in [5.74, 6) is 1.83. The number of likely N-dealkylation sites (tertiary alicyclic amines) is 1. The van der Waals surface area contributed by atoms with Crippen molar-refractivity contribution < 1.29 is 12.8 Å². The summed E-state index contributed by atoms with van der Waals surface area (Å²) in [5, 5.41) is -0.291. The van der Waals surface area contributed by atoms with Crippen molar-refractivity contribution in [3.63, 3.8) is 0 Å². The highest BCUT2D eigenvalue weighted by Crippen LogP contribution is 2.21. The molecule has 5 nitrogen and oxygen atoms in total. The second-order valence-corrected chi connectivity index (χ2v) is 7.17. The fourth-order valence-corrected chi connectivity index (χ4v) is 4.06.